The first-order valence-electron chi connectivity index (χ1n) is 11.9. The number of unbranched alkanes of at least 4 members (excludes halogenated alkanes) is 10. The van der Waals surface area contributed by atoms with Crippen molar-refractivity contribution in [1.82, 2.24) is 0 Å². The molecule has 0 saturated carbocycles. The second kappa shape index (κ2) is 23.0. The van der Waals surface area contributed by atoms with Gasteiger partial charge in [-0.15, -0.1) is 11.8 Å². The van der Waals surface area contributed by atoms with Crippen LogP contribution in [-0.2, 0) is 9.47 Å². The van der Waals surface area contributed by atoms with Crippen molar-refractivity contribution < 1.29 is 26.4 Å². The van der Waals surface area contributed by atoms with Crippen LogP contribution in [0.15, 0.2) is 0 Å². The molecule has 1 unspecified atom stereocenters. The van der Waals surface area contributed by atoms with Gasteiger partial charge in [-0.05, 0) is 12.8 Å². The van der Waals surface area contributed by atoms with E-state index in [0.717, 1.165) is 23.9 Å². The van der Waals surface area contributed by atoms with Gasteiger partial charge in [-0.3, -0.25) is 0 Å². The Morgan fingerprint density at radius 3 is 1.67 bits per heavy atom. The van der Waals surface area contributed by atoms with E-state index in [0.29, 0.717) is 19.8 Å². The lowest BCUT2D eigenvalue weighted by Crippen LogP contribution is -3.00. The van der Waals surface area contributed by atoms with Crippen LogP contribution < -0.4 is 12.4 Å². The largest absolute Gasteiger partial charge is 1.00 e. The molecule has 0 amide bonds. The molecule has 0 spiro atoms. The molecule has 0 saturated heterocycles. The van der Waals surface area contributed by atoms with E-state index >= 15 is 0 Å². The molecule has 0 N–H and O–H groups in total. The highest BCUT2D eigenvalue weighted by Gasteiger charge is 2.18. The van der Waals surface area contributed by atoms with Gasteiger partial charge in [0, 0.05) is 12.8 Å². The van der Waals surface area contributed by atoms with Crippen molar-refractivity contribution in [3.05, 3.63) is 0 Å². The summed E-state index contributed by atoms with van der Waals surface area (Å²) in [5.74, 6) is 12.8. The Labute approximate surface area is 194 Å². The molecular formula is C26H48ClNO2. The molecule has 0 aliphatic carbocycles. The molecule has 176 valence electrons. The van der Waals surface area contributed by atoms with E-state index in [9.17, 15) is 0 Å². The highest BCUT2D eigenvalue weighted by molar-refractivity contribution is 4.99. The zero-order valence-electron chi connectivity index (χ0n) is 20.5. The quantitative estimate of drug-likeness (QED) is 0.196. The summed E-state index contributed by atoms with van der Waals surface area (Å²) in [7, 11) is 6.53. The van der Waals surface area contributed by atoms with Gasteiger partial charge in [0.15, 0.2) is 0 Å². The summed E-state index contributed by atoms with van der Waals surface area (Å²) in [6, 6.07) is 0. The number of quaternary nitrogens is 1. The minimum atomic E-state index is 0. The highest BCUT2D eigenvalue weighted by Crippen LogP contribution is 2.05. The second-order valence-electron chi connectivity index (χ2n) is 8.96. The van der Waals surface area contributed by atoms with Crippen molar-refractivity contribution in [2.45, 2.75) is 97.0 Å². The van der Waals surface area contributed by atoms with Crippen LogP contribution in [-0.4, -0.2) is 58.1 Å². The summed E-state index contributed by atoms with van der Waals surface area (Å²) in [6.45, 7) is 6.97. The van der Waals surface area contributed by atoms with Gasteiger partial charge in [0.1, 0.15) is 25.9 Å². The van der Waals surface area contributed by atoms with Crippen LogP contribution in [0, 0.1) is 23.7 Å². The fraction of sp³-hybridized carbons (Fsp3) is 0.846. The first-order chi connectivity index (χ1) is 14.0. The predicted octanol–water partition coefficient (Wildman–Crippen LogP) is 2.83. The van der Waals surface area contributed by atoms with E-state index in [1.54, 1.807) is 0 Å². The average Bonchev–Trinajstić information content (AvgIpc) is 2.66. The van der Waals surface area contributed by atoms with Gasteiger partial charge in [-0.25, -0.2) is 0 Å². The van der Waals surface area contributed by atoms with Gasteiger partial charge in [-0.1, -0.05) is 77.1 Å². The minimum absolute atomic E-state index is 0. The molecule has 0 radical (unpaired) electrons. The van der Waals surface area contributed by atoms with Crippen LogP contribution in [0.3, 0.4) is 0 Å². The molecule has 0 aromatic rings. The molecule has 30 heavy (non-hydrogen) atoms. The Kier molecular flexibility index (Phi) is 24.1. The molecular weight excluding hydrogens is 394 g/mol. The Bertz CT molecular complexity index is 479. The number of halogens is 1. The lowest BCUT2D eigenvalue weighted by molar-refractivity contribution is -0.873. The normalized spacial score (nSPS) is 11.6. The molecule has 1 atom stereocenters. The van der Waals surface area contributed by atoms with E-state index in [4.69, 9.17) is 9.47 Å². The van der Waals surface area contributed by atoms with E-state index in [1.165, 1.54) is 64.2 Å². The first-order valence-corrected chi connectivity index (χ1v) is 11.9. The predicted molar refractivity (Wildman–Crippen MR) is 126 cm³/mol. The maximum Gasteiger partial charge on any atom is 0.131 e. The summed E-state index contributed by atoms with van der Waals surface area (Å²) < 4.78 is 12.6. The second-order valence-corrected chi connectivity index (χ2v) is 8.96. The molecule has 3 nitrogen and oxygen atoms in total. The van der Waals surface area contributed by atoms with Crippen molar-refractivity contribution in [2.24, 2.45) is 0 Å². The van der Waals surface area contributed by atoms with Crippen LogP contribution in [0.5, 0.6) is 0 Å². The minimum Gasteiger partial charge on any atom is -1.00 e. The molecule has 0 bridgehead atoms. The Morgan fingerprint density at radius 2 is 1.17 bits per heavy atom. The molecule has 0 heterocycles. The van der Waals surface area contributed by atoms with E-state index in [-0.39, 0.29) is 18.5 Å². The molecule has 0 aromatic heterocycles. The third-order valence-electron chi connectivity index (χ3n) is 4.68. The van der Waals surface area contributed by atoms with Crippen LogP contribution in [0.25, 0.3) is 0 Å². The third-order valence-corrected chi connectivity index (χ3v) is 4.68. The Morgan fingerprint density at radius 1 is 0.667 bits per heavy atom. The summed E-state index contributed by atoms with van der Waals surface area (Å²) in [4.78, 5) is 0. The van der Waals surface area contributed by atoms with Crippen LogP contribution in [0.2, 0.25) is 0 Å². The van der Waals surface area contributed by atoms with Crippen molar-refractivity contribution in [2.75, 3.05) is 47.5 Å². The standard InChI is InChI=1S/C26H48NO2.ClH/c1-6-8-10-12-14-16-18-20-22-28-25-26(24-27(3,4)5)29-23-21-19-17-15-13-11-9-7-2;/h26H,6-17,22-25H2,1-5H3;1H/q+1;/p-1. The van der Waals surface area contributed by atoms with Crippen molar-refractivity contribution in [3.8, 4) is 23.7 Å². The van der Waals surface area contributed by atoms with Gasteiger partial charge in [0.05, 0.1) is 27.7 Å². The highest BCUT2D eigenvalue weighted by atomic mass is 35.5. The maximum absolute atomic E-state index is 5.98. The molecule has 4 heteroatoms. The Balaban J connectivity index is 0. The van der Waals surface area contributed by atoms with Gasteiger partial charge >= 0.3 is 0 Å². The molecule has 0 fully saturated rings. The first kappa shape index (κ1) is 31.5. The number of nitrogens with zero attached hydrogens (tertiary/aromatic N) is 1. The van der Waals surface area contributed by atoms with Crippen molar-refractivity contribution in [1.29, 1.82) is 0 Å². The van der Waals surface area contributed by atoms with Crippen molar-refractivity contribution >= 4 is 0 Å². The lowest BCUT2D eigenvalue weighted by Gasteiger charge is -2.28. The smallest absolute Gasteiger partial charge is 0.131 e. The van der Waals surface area contributed by atoms with Crippen molar-refractivity contribution in [3.63, 3.8) is 0 Å². The van der Waals surface area contributed by atoms with Gasteiger partial charge in [0.25, 0.3) is 0 Å². The third kappa shape index (κ3) is 25.3. The number of rotatable bonds is 17. The lowest BCUT2D eigenvalue weighted by atomic mass is 10.1. The number of likely N-dealkylation sites (N-methyl/N-ethyl adjacent to an activating group) is 1. The summed E-state index contributed by atoms with van der Waals surface area (Å²) in [5, 5.41) is 0. The number of ether oxygens (including phenoxy) is 2. The number of hydrogen-bond donors (Lipinski definition) is 0. The maximum atomic E-state index is 5.98. The van der Waals surface area contributed by atoms with E-state index < -0.39 is 0 Å². The monoisotopic (exact) mass is 441 g/mol. The SMILES string of the molecule is CCCCCCCC#CCOCC(C[N+](C)(C)C)OCC#CCCCCCCC.[Cl-]. The summed E-state index contributed by atoms with van der Waals surface area (Å²) in [5.41, 5.74) is 0. The molecule has 0 aliphatic rings. The Hall–Kier alpha value is -0.710. The van der Waals surface area contributed by atoms with Gasteiger partial charge < -0.3 is 26.4 Å². The fourth-order valence-electron chi connectivity index (χ4n) is 3.08. The van der Waals surface area contributed by atoms with Crippen LogP contribution in [0.1, 0.15) is 90.9 Å². The zero-order chi connectivity index (χ0) is 21.6. The summed E-state index contributed by atoms with van der Waals surface area (Å²) >= 11 is 0. The average molecular weight is 442 g/mol. The molecule has 0 aliphatic heterocycles. The zero-order valence-corrected chi connectivity index (χ0v) is 21.3. The fourth-order valence-corrected chi connectivity index (χ4v) is 3.08. The van der Waals surface area contributed by atoms with E-state index in [1.807, 2.05) is 0 Å². The van der Waals surface area contributed by atoms with Gasteiger partial charge in [-0.2, -0.15) is 0 Å². The number of hydrogen-bond acceptors (Lipinski definition) is 2. The van der Waals surface area contributed by atoms with Crippen LogP contribution in [0.4, 0.5) is 0 Å². The molecule has 0 aromatic carbocycles. The molecule has 0 rings (SSSR count). The topological polar surface area (TPSA) is 18.5 Å². The van der Waals surface area contributed by atoms with Crippen LogP contribution >= 0.6 is 0 Å². The van der Waals surface area contributed by atoms with Gasteiger partial charge in [0.2, 0.25) is 0 Å². The summed E-state index contributed by atoms with van der Waals surface area (Å²) in [6.07, 6.45) is 15.0. The van der Waals surface area contributed by atoms with E-state index in [2.05, 4.69) is 58.7 Å².